The molecule has 4 rings (SSSR count). The summed E-state index contributed by atoms with van der Waals surface area (Å²) in [6, 6.07) is 13.0. The van der Waals surface area contributed by atoms with E-state index in [0.717, 1.165) is 62.6 Å². The lowest BCUT2D eigenvalue weighted by Gasteiger charge is -2.29. The summed E-state index contributed by atoms with van der Waals surface area (Å²) < 4.78 is 0. The molecule has 3 amide bonds. The first-order chi connectivity index (χ1) is 16.9. The molecule has 1 aliphatic heterocycles. The Balaban J connectivity index is 1.47. The Morgan fingerprint density at radius 1 is 1.03 bits per heavy atom. The number of benzene rings is 2. The van der Waals surface area contributed by atoms with Crippen LogP contribution >= 0.6 is 11.6 Å². The second-order valence-corrected chi connectivity index (χ2v) is 9.75. The Morgan fingerprint density at radius 2 is 1.74 bits per heavy atom. The van der Waals surface area contributed by atoms with Gasteiger partial charge in [-0.25, -0.2) is 0 Å². The fraction of sp³-hybridized carbons (Fsp3) is 0.393. The molecule has 1 aliphatic carbocycles. The molecule has 184 valence electrons. The van der Waals surface area contributed by atoms with E-state index in [1.807, 2.05) is 31.2 Å². The number of imide groups is 1. The maximum atomic E-state index is 13.1. The Hall–Kier alpha value is -3.12. The van der Waals surface area contributed by atoms with Crippen molar-refractivity contribution in [1.29, 1.82) is 0 Å². The first-order valence-corrected chi connectivity index (χ1v) is 12.8. The fourth-order valence-electron chi connectivity index (χ4n) is 4.67. The van der Waals surface area contributed by atoms with Gasteiger partial charge in [0.2, 0.25) is 0 Å². The average molecular weight is 494 g/mol. The lowest BCUT2D eigenvalue weighted by Crippen LogP contribution is -2.42. The van der Waals surface area contributed by atoms with Crippen molar-refractivity contribution in [2.24, 2.45) is 0 Å². The minimum Gasteiger partial charge on any atom is -0.349 e. The number of aryl methyl sites for hydroxylation is 2. The number of carbonyl (C=O) groups excluding carboxylic acids is 3. The SMILES string of the molecule is CCCCc1ccc(NC(=O)c2ccc(C)c(NC3=C(Cl)C(=O)N(C4CCCCC4)C3=O)c2)cc1. The van der Waals surface area contributed by atoms with Gasteiger partial charge in [0.05, 0.1) is 0 Å². The van der Waals surface area contributed by atoms with Crippen molar-refractivity contribution in [2.75, 3.05) is 10.6 Å². The van der Waals surface area contributed by atoms with Crippen LogP contribution in [0.3, 0.4) is 0 Å². The van der Waals surface area contributed by atoms with Crippen LogP contribution in [0.2, 0.25) is 0 Å². The smallest absolute Gasteiger partial charge is 0.279 e. The first-order valence-electron chi connectivity index (χ1n) is 12.4. The van der Waals surface area contributed by atoms with Gasteiger partial charge in [-0.3, -0.25) is 19.3 Å². The van der Waals surface area contributed by atoms with E-state index in [1.54, 1.807) is 18.2 Å². The van der Waals surface area contributed by atoms with Crippen LogP contribution in [-0.4, -0.2) is 28.7 Å². The normalized spacial score (nSPS) is 16.7. The molecule has 1 saturated carbocycles. The quantitative estimate of drug-likeness (QED) is 0.432. The molecule has 35 heavy (non-hydrogen) atoms. The predicted molar refractivity (Wildman–Crippen MR) is 139 cm³/mol. The highest BCUT2D eigenvalue weighted by Gasteiger charge is 2.42. The van der Waals surface area contributed by atoms with E-state index in [0.29, 0.717) is 11.3 Å². The molecule has 2 aliphatic rings. The molecule has 0 radical (unpaired) electrons. The molecule has 6 nitrogen and oxygen atoms in total. The van der Waals surface area contributed by atoms with Gasteiger partial charge in [0.15, 0.2) is 0 Å². The van der Waals surface area contributed by atoms with Gasteiger partial charge in [0.1, 0.15) is 10.7 Å². The lowest BCUT2D eigenvalue weighted by atomic mass is 9.94. The third-order valence-electron chi connectivity index (χ3n) is 6.79. The van der Waals surface area contributed by atoms with E-state index in [-0.39, 0.29) is 22.7 Å². The molecule has 2 N–H and O–H groups in total. The Morgan fingerprint density at radius 3 is 2.43 bits per heavy atom. The Bertz CT molecular complexity index is 1150. The number of anilines is 2. The number of halogens is 1. The molecule has 0 spiro atoms. The van der Waals surface area contributed by atoms with Crippen LogP contribution in [0.4, 0.5) is 11.4 Å². The number of rotatable bonds is 8. The van der Waals surface area contributed by atoms with Gasteiger partial charge >= 0.3 is 0 Å². The second kappa shape index (κ2) is 11.1. The largest absolute Gasteiger partial charge is 0.349 e. The molecule has 2 aromatic carbocycles. The van der Waals surface area contributed by atoms with E-state index >= 15 is 0 Å². The summed E-state index contributed by atoms with van der Waals surface area (Å²) in [6.07, 6.45) is 8.04. The summed E-state index contributed by atoms with van der Waals surface area (Å²) in [6.45, 7) is 4.03. The Kier molecular flexibility index (Phi) is 7.91. The van der Waals surface area contributed by atoms with Crippen molar-refractivity contribution in [3.63, 3.8) is 0 Å². The van der Waals surface area contributed by atoms with Gasteiger partial charge in [0.25, 0.3) is 17.7 Å². The fourth-order valence-corrected chi connectivity index (χ4v) is 4.89. The van der Waals surface area contributed by atoms with Crippen molar-refractivity contribution in [2.45, 2.75) is 71.3 Å². The number of hydrogen-bond acceptors (Lipinski definition) is 4. The molecule has 1 fully saturated rings. The summed E-state index contributed by atoms with van der Waals surface area (Å²) >= 11 is 6.32. The molecule has 1 heterocycles. The highest BCUT2D eigenvalue weighted by molar-refractivity contribution is 6.48. The number of amides is 3. The monoisotopic (exact) mass is 493 g/mol. The van der Waals surface area contributed by atoms with Crippen molar-refractivity contribution < 1.29 is 14.4 Å². The minimum atomic E-state index is -0.444. The van der Waals surface area contributed by atoms with E-state index in [1.165, 1.54) is 10.5 Å². The van der Waals surface area contributed by atoms with Crippen LogP contribution in [0.1, 0.15) is 73.4 Å². The zero-order valence-electron chi connectivity index (χ0n) is 20.3. The van der Waals surface area contributed by atoms with E-state index in [4.69, 9.17) is 11.6 Å². The highest BCUT2D eigenvalue weighted by Crippen LogP contribution is 2.33. The van der Waals surface area contributed by atoms with Crippen LogP contribution < -0.4 is 10.6 Å². The number of hydrogen-bond donors (Lipinski definition) is 2. The maximum absolute atomic E-state index is 13.1. The van der Waals surface area contributed by atoms with Crippen molar-refractivity contribution in [1.82, 2.24) is 4.90 Å². The molecule has 7 heteroatoms. The molecule has 0 aromatic heterocycles. The molecule has 0 unspecified atom stereocenters. The topological polar surface area (TPSA) is 78.5 Å². The van der Waals surface area contributed by atoms with Gasteiger partial charge in [-0.2, -0.15) is 0 Å². The van der Waals surface area contributed by atoms with Crippen molar-refractivity contribution in [3.05, 3.63) is 69.9 Å². The Labute approximate surface area is 211 Å². The van der Waals surface area contributed by atoms with Crippen molar-refractivity contribution in [3.8, 4) is 0 Å². The highest BCUT2D eigenvalue weighted by atomic mass is 35.5. The zero-order valence-corrected chi connectivity index (χ0v) is 21.1. The first kappa shape index (κ1) is 25.0. The third-order valence-corrected chi connectivity index (χ3v) is 7.14. The summed E-state index contributed by atoms with van der Waals surface area (Å²) in [5.74, 6) is -1.10. The van der Waals surface area contributed by atoms with Crippen LogP contribution in [0.5, 0.6) is 0 Å². The molecule has 0 saturated heterocycles. The van der Waals surface area contributed by atoms with E-state index in [9.17, 15) is 14.4 Å². The molecule has 2 aromatic rings. The summed E-state index contributed by atoms with van der Waals surface area (Å²) in [7, 11) is 0. The van der Waals surface area contributed by atoms with Gasteiger partial charge in [-0.05, 0) is 68.0 Å². The standard InChI is InChI=1S/C28H32ClN3O3/c1-3-4-8-19-12-15-21(16-13-19)30-26(33)20-14-11-18(2)23(17-20)31-25-24(29)27(34)32(28(25)35)22-9-6-5-7-10-22/h11-17,22,31H,3-10H2,1-2H3,(H,30,33). The number of carbonyl (C=O) groups is 3. The average Bonchev–Trinajstić information content (AvgIpc) is 3.08. The number of nitrogens with one attached hydrogen (secondary N) is 2. The lowest BCUT2D eigenvalue weighted by molar-refractivity contribution is -0.140. The van der Waals surface area contributed by atoms with Gasteiger partial charge in [0, 0.05) is 23.0 Å². The summed E-state index contributed by atoms with van der Waals surface area (Å²) in [4.78, 5) is 40.1. The van der Waals surface area contributed by atoms with E-state index in [2.05, 4.69) is 17.6 Å². The van der Waals surface area contributed by atoms with E-state index < -0.39 is 11.8 Å². The third kappa shape index (κ3) is 5.59. The predicted octanol–water partition coefficient (Wildman–Crippen LogP) is 6.15. The second-order valence-electron chi connectivity index (χ2n) is 9.37. The van der Waals surface area contributed by atoms with Crippen LogP contribution in [0, 0.1) is 6.92 Å². The van der Waals surface area contributed by atoms with Gasteiger partial charge in [-0.15, -0.1) is 0 Å². The summed E-state index contributed by atoms with van der Waals surface area (Å²) in [5, 5.41) is 5.87. The molecular formula is C28H32ClN3O3. The van der Waals surface area contributed by atoms with Crippen LogP contribution in [0.15, 0.2) is 53.2 Å². The zero-order chi connectivity index (χ0) is 24.9. The summed E-state index contributed by atoms with van der Waals surface area (Å²) in [5.41, 5.74) is 3.87. The maximum Gasteiger partial charge on any atom is 0.279 e. The molecule has 0 atom stereocenters. The van der Waals surface area contributed by atoms with Gasteiger partial charge < -0.3 is 10.6 Å². The van der Waals surface area contributed by atoms with Gasteiger partial charge in [-0.1, -0.05) is 62.4 Å². The molecule has 0 bridgehead atoms. The number of unbranched alkanes of at least 4 members (excludes halogenated alkanes) is 1. The van der Waals surface area contributed by atoms with Crippen molar-refractivity contribution >= 4 is 40.7 Å². The molecular weight excluding hydrogens is 462 g/mol. The minimum absolute atomic E-state index is 0.0746. The van der Waals surface area contributed by atoms with Crippen LogP contribution in [-0.2, 0) is 16.0 Å². The van der Waals surface area contributed by atoms with Crippen LogP contribution in [0.25, 0.3) is 0 Å². The number of nitrogens with zero attached hydrogens (tertiary/aromatic N) is 1.